The number of ether oxygens (including phenoxy) is 1. The summed E-state index contributed by atoms with van der Waals surface area (Å²) in [6, 6.07) is 14.8. The van der Waals surface area contributed by atoms with Crippen molar-refractivity contribution < 1.29 is 27.5 Å². The van der Waals surface area contributed by atoms with Gasteiger partial charge in [0.2, 0.25) is 0 Å². The van der Waals surface area contributed by atoms with Gasteiger partial charge in [-0.1, -0.05) is 48.5 Å². The zero-order valence-electron chi connectivity index (χ0n) is 12.4. The highest BCUT2D eigenvalue weighted by Crippen LogP contribution is 2.16. The first kappa shape index (κ1) is 17.5. The molecule has 0 aliphatic rings. The van der Waals surface area contributed by atoms with Crippen molar-refractivity contribution in [2.24, 2.45) is 0 Å². The molecule has 1 amide bonds. The van der Waals surface area contributed by atoms with Crippen molar-refractivity contribution >= 4 is 11.9 Å². The van der Waals surface area contributed by atoms with Crippen molar-refractivity contribution in [2.45, 2.75) is 18.6 Å². The van der Waals surface area contributed by atoms with E-state index in [9.17, 15) is 22.8 Å². The molecule has 0 heterocycles. The van der Waals surface area contributed by atoms with Crippen LogP contribution in [0.15, 0.2) is 60.7 Å². The summed E-state index contributed by atoms with van der Waals surface area (Å²) in [5.41, 5.74) is 0.593. The van der Waals surface area contributed by atoms with Crippen LogP contribution in [0, 0.1) is 0 Å². The van der Waals surface area contributed by atoms with Crippen LogP contribution in [0.1, 0.15) is 5.56 Å². The molecule has 0 bridgehead atoms. The third-order valence-corrected chi connectivity index (χ3v) is 3.09. The zero-order valence-corrected chi connectivity index (χ0v) is 12.4. The summed E-state index contributed by atoms with van der Waals surface area (Å²) in [5, 5.41) is 1.69. The van der Waals surface area contributed by atoms with E-state index in [0.29, 0.717) is 5.56 Å². The summed E-state index contributed by atoms with van der Waals surface area (Å²) in [5.74, 6) is -2.97. The summed E-state index contributed by atoms with van der Waals surface area (Å²) in [7, 11) is 0. The number of para-hydroxylation sites is 1. The number of amides is 1. The number of carbonyl (C=O) groups is 2. The fourth-order valence-electron chi connectivity index (χ4n) is 1.96. The molecule has 1 atom stereocenters. The summed E-state index contributed by atoms with van der Waals surface area (Å²) in [4.78, 5) is 23.4. The lowest BCUT2D eigenvalue weighted by Crippen LogP contribution is -2.49. The Bertz CT molecular complexity index is 687. The molecule has 2 aromatic carbocycles. The van der Waals surface area contributed by atoms with Crippen LogP contribution in [0.25, 0.3) is 0 Å². The predicted molar refractivity (Wildman–Crippen MR) is 80.2 cm³/mol. The topological polar surface area (TPSA) is 55.4 Å². The highest BCUT2D eigenvalue weighted by Gasteiger charge is 2.41. The van der Waals surface area contributed by atoms with E-state index in [1.807, 2.05) is 0 Å². The van der Waals surface area contributed by atoms with Crippen LogP contribution in [0.2, 0.25) is 0 Å². The quantitative estimate of drug-likeness (QED) is 0.674. The van der Waals surface area contributed by atoms with Gasteiger partial charge in [0.25, 0.3) is 0 Å². The number of esters is 1. The highest BCUT2D eigenvalue weighted by molar-refractivity contribution is 5.88. The van der Waals surface area contributed by atoms with E-state index in [1.54, 1.807) is 53.8 Å². The molecular formula is C17H14F3NO3. The fourth-order valence-corrected chi connectivity index (χ4v) is 1.96. The maximum Gasteiger partial charge on any atom is 0.471 e. The molecule has 0 spiro atoms. The number of rotatable bonds is 5. The Balaban J connectivity index is 2.15. The lowest BCUT2D eigenvalue weighted by atomic mass is 10.1. The molecule has 24 heavy (non-hydrogen) atoms. The normalized spacial score (nSPS) is 12.3. The minimum Gasteiger partial charge on any atom is -0.425 e. The van der Waals surface area contributed by atoms with E-state index >= 15 is 0 Å². The second-order valence-corrected chi connectivity index (χ2v) is 4.95. The van der Waals surface area contributed by atoms with Crippen molar-refractivity contribution in [1.82, 2.24) is 5.32 Å². The van der Waals surface area contributed by atoms with Crippen molar-refractivity contribution in [3.05, 3.63) is 66.2 Å². The molecule has 7 heteroatoms. The lowest BCUT2D eigenvalue weighted by molar-refractivity contribution is -0.175. The SMILES string of the molecule is O=C(Oc1ccccc1)C(Cc1ccccc1)NC(=O)C(F)(F)F. The van der Waals surface area contributed by atoms with Crippen molar-refractivity contribution in [3.63, 3.8) is 0 Å². The van der Waals surface area contributed by atoms with Crippen LogP contribution < -0.4 is 10.1 Å². The lowest BCUT2D eigenvalue weighted by Gasteiger charge is -2.18. The third-order valence-electron chi connectivity index (χ3n) is 3.09. The van der Waals surface area contributed by atoms with Gasteiger partial charge in [0.15, 0.2) is 0 Å². The molecule has 1 unspecified atom stereocenters. The second kappa shape index (κ2) is 7.63. The van der Waals surface area contributed by atoms with Gasteiger partial charge in [-0.15, -0.1) is 0 Å². The Labute approximate surface area is 136 Å². The van der Waals surface area contributed by atoms with Crippen molar-refractivity contribution in [1.29, 1.82) is 0 Å². The summed E-state index contributed by atoms with van der Waals surface area (Å²) >= 11 is 0. The molecule has 0 aliphatic heterocycles. The van der Waals surface area contributed by atoms with Gasteiger partial charge in [0.1, 0.15) is 11.8 Å². The molecule has 4 nitrogen and oxygen atoms in total. The van der Waals surface area contributed by atoms with Crippen LogP contribution >= 0.6 is 0 Å². The van der Waals surface area contributed by atoms with Crippen LogP contribution in [0.4, 0.5) is 13.2 Å². The van der Waals surface area contributed by atoms with Gasteiger partial charge < -0.3 is 10.1 Å². The van der Waals surface area contributed by atoms with Gasteiger partial charge in [-0.25, -0.2) is 4.79 Å². The minimum atomic E-state index is -5.08. The molecule has 126 valence electrons. The number of hydrogen-bond acceptors (Lipinski definition) is 3. The third kappa shape index (κ3) is 5.12. The van der Waals surface area contributed by atoms with Crippen LogP contribution in [-0.2, 0) is 16.0 Å². The van der Waals surface area contributed by atoms with E-state index in [1.165, 1.54) is 12.1 Å². The fraction of sp³-hybridized carbons (Fsp3) is 0.176. The molecule has 0 saturated heterocycles. The van der Waals surface area contributed by atoms with Crippen LogP contribution in [-0.4, -0.2) is 24.1 Å². The van der Waals surface area contributed by atoms with E-state index in [0.717, 1.165) is 0 Å². The van der Waals surface area contributed by atoms with Crippen molar-refractivity contribution in [3.8, 4) is 5.75 Å². The Morgan fingerprint density at radius 1 is 0.958 bits per heavy atom. The van der Waals surface area contributed by atoms with Crippen molar-refractivity contribution in [2.75, 3.05) is 0 Å². The first-order valence-corrected chi connectivity index (χ1v) is 7.04. The van der Waals surface area contributed by atoms with E-state index in [2.05, 4.69) is 0 Å². The molecule has 2 aromatic rings. The second-order valence-electron chi connectivity index (χ2n) is 4.95. The summed E-state index contributed by atoms with van der Waals surface area (Å²) < 4.78 is 42.5. The number of alkyl halides is 3. The monoisotopic (exact) mass is 337 g/mol. The van der Waals surface area contributed by atoms with Gasteiger partial charge in [-0.3, -0.25) is 4.79 Å². The first-order valence-electron chi connectivity index (χ1n) is 7.04. The zero-order chi connectivity index (χ0) is 17.6. The molecule has 0 fully saturated rings. The van der Waals surface area contributed by atoms with Gasteiger partial charge in [0.05, 0.1) is 0 Å². The minimum absolute atomic E-state index is 0.117. The number of carbonyl (C=O) groups excluding carboxylic acids is 2. The van der Waals surface area contributed by atoms with Gasteiger partial charge in [-0.05, 0) is 17.7 Å². The largest absolute Gasteiger partial charge is 0.471 e. The highest BCUT2D eigenvalue weighted by atomic mass is 19.4. The maximum atomic E-state index is 12.5. The average molecular weight is 337 g/mol. The number of hydrogen-bond donors (Lipinski definition) is 1. The summed E-state index contributed by atoms with van der Waals surface area (Å²) in [6.45, 7) is 0. The maximum absolute atomic E-state index is 12.5. The van der Waals surface area contributed by atoms with Crippen LogP contribution in [0.3, 0.4) is 0 Å². The Morgan fingerprint density at radius 2 is 1.50 bits per heavy atom. The average Bonchev–Trinajstić information content (AvgIpc) is 2.55. The van der Waals surface area contributed by atoms with Gasteiger partial charge in [0, 0.05) is 6.42 Å². The Morgan fingerprint density at radius 3 is 2.04 bits per heavy atom. The first-order chi connectivity index (χ1) is 11.4. The van der Waals surface area contributed by atoms with E-state index in [4.69, 9.17) is 4.74 Å². The molecule has 0 aliphatic carbocycles. The van der Waals surface area contributed by atoms with E-state index in [-0.39, 0.29) is 12.2 Å². The molecule has 2 rings (SSSR count). The van der Waals surface area contributed by atoms with Crippen LogP contribution in [0.5, 0.6) is 5.75 Å². The molecule has 0 radical (unpaired) electrons. The standard InChI is InChI=1S/C17H14F3NO3/c18-17(19,20)16(23)21-14(11-12-7-3-1-4-8-12)15(22)24-13-9-5-2-6-10-13/h1-10,14H,11H2,(H,21,23). The van der Waals surface area contributed by atoms with Gasteiger partial charge >= 0.3 is 18.1 Å². The molecular weight excluding hydrogens is 323 g/mol. The Kier molecular flexibility index (Phi) is 5.57. The number of benzene rings is 2. The number of nitrogens with one attached hydrogen (secondary N) is 1. The smallest absolute Gasteiger partial charge is 0.425 e. The van der Waals surface area contributed by atoms with Gasteiger partial charge in [-0.2, -0.15) is 13.2 Å². The summed E-state index contributed by atoms with van der Waals surface area (Å²) in [6.07, 6.45) is -5.20. The molecule has 0 saturated carbocycles. The number of halogens is 3. The van der Waals surface area contributed by atoms with E-state index < -0.39 is 24.1 Å². The molecule has 0 aromatic heterocycles. The predicted octanol–water partition coefficient (Wildman–Crippen LogP) is 2.88. The Hall–Kier alpha value is -2.83. The molecule has 1 N–H and O–H groups in total.